The molecule has 1 saturated heterocycles. The third kappa shape index (κ3) is 2.14. The summed E-state index contributed by atoms with van der Waals surface area (Å²) in [4.78, 5) is 2.37. The van der Waals surface area contributed by atoms with Crippen molar-refractivity contribution in [1.82, 2.24) is 0 Å². The molecule has 0 saturated carbocycles. The Morgan fingerprint density at radius 1 is 1.44 bits per heavy atom. The van der Waals surface area contributed by atoms with E-state index in [9.17, 15) is 0 Å². The highest BCUT2D eigenvalue weighted by Crippen LogP contribution is 2.30. The molecule has 1 heterocycles. The van der Waals surface area contributed by atoms with E-state index in [1.165, 1.54) is 19.3 Å². The molecule has 3 heteroatoms. The van der Waals surface area contributed by atoms with Crippen LogP contribution in [0.4, 0.5) is 11.4 Å². The number of hydrogen-bond donors (Lipinski definition) is 2. The third-order valence-corrected chi connectivity index (χ3v) is 3.39. The Kier molecular flexibility index (Phi) is 3.34. The molecule has 88 valence electrons. The number of rotatable bonds is 2. The van der Waals surface area contributed by atoms with Crippen LogP contribution in [-0.2, 0) is 6.61 Å². The van der Waals surface area contributed by atoms with Crippen molar-refractivity contribution in [2.45, 2.75) is 38.8 Å². The molecular weight excluding hydrogens is 200 g/mol. The van der Waals surface area contributed by atoms with E-state index in [1.54, 1.807) is 0 Å². The lowest BCUT2D eigenvalue weighted by molar-refractivity contribution is 0.282. The van der Waals surface area contributed by atoms with Gasteiger partial charge in [-0.25, -0.2) is 0 Å². The number of anilines is 2. The third-order valence-electron chi connectivity index (χ3n) is 3.39. The Bertz CT molecular complexity index is 365. The van der Waals surface area contributed by atoms with Gasteiger partial charge in [-0.2, -0.15) is 0 Å². The van der Waals surface area contributed by atoms with Crippen LogP contribution in [0.5, 0.6) is 0 Å². The number of nitrogens with two attached hydrogens (primary N) is 1. The quantitative estimate of drug-likeness (QED) is 0.751. The van der Waals surface area contributed by atoms with Crippen molar-refractivity contribution >= 4 is 11.4 Å². The lowest BCUT2D eigenvalue weighted by Crippen LogP contribution is -2.37. The summed E-state index contributed by atoms with van der Waals surface area (Å²) >= 11 is 0. The second-order valence-corrected chi connectivity index (χ2v) is 4.59. The first-order valence-corrected chi connectivity index (χ1v) is 5.98. The fourth-order valence-corrected chi connectivity index (χ4v) is 2.42. The van der Waals surface area contributed by atoms with Gasteiger partial charge in [0.2, 0.25) is 0 Å². The molecule has 1 fully saturated rings. The zero-order valence-electron chi connectivity index (χ0n) is 9.82. The molecule has 1 aliphatic heterocycles. The molecule has 1 aromatic carbocycles. The summed E-state index contributed by atoms with van der Waals surface area (Å²) in [6, 6.07) is 6.42. The molecule has 0 radical (unpaired) electrons. The molecule has 1 aromatic rings. The van der Waals surface area contributed by atoms with Crippen molar-refractivity contribution in [3.8, 4) is 0 Å². The van der Waals surface area contributed by atoms with E-state index in [1.807, 2.05) is 18.2 Å². The Hall–Kier alpha value is -1.22. The van der Waals surface area contributed by atoms with Crippen LogP contribution in [-0.4, -0.2) is 17.7 Å². The highest BCUT2D eigenvalue weighted by Gasteiger charge is 2.20. The Morgan fingerprint density at radius 2 is 2.25 bits per heavy atom. The van der Waals surface area contributed by atoms with Crippen LogP contribution in [0.2, 0.25) is 0 Å². The van der Waals surface area contributed by atoms with Crippen LogP contribution in [0.3, 0.4) is 0 Å². The minimum atomic E-state index is 0.0556. The molecule has 0 unspecified atom stereocenters. The maximum Gasteiger partial charge on any atom is 0.0682 e. The molecular formula is C13H20N2O. The maximum atomic E-state index is 9.05. The molecule has 0 amide bonds. The van der Waals surface area contributed by atoms with E-state index in [0.29, 0.717) is 6.04 Å². The summed E-state index contributed by atoms with van der Waals surface area (Å²) in [7, 11) is 0. The first-order valence-electron chi connectivity index (χ1n) is 5.98. The number of aliphatic hydroxyl groups excluding tert-OH is 1. The van der Waals surface area contributed by atoms with E-state index in [0.717, 1.165) is 23.5 Å². The molecule has 3 N–H and O–H groups in total. The number of benzene rings is 1. The van der Waals surface area contributed by atoms with Crippen LogP contribution >= 0.6 is 0 Å². The van der Waals surface area contributed by atoms with Crippen molar-refractivity contribution in [2.75, 3.05) is 17.2 Å². The summed E-state index contributed by atoms with van der Waals surface area (Å²) in [6.07, 6.45) is 3.79. The summed E-state index contributed by atoms with van der Waals surface area (Å²) in [5.41, 5.74) is 8.81. The summed E-state index contributed by atoms with van der Waals surface area (Å²) in [5.74, 6) is 0. The van der Waals surface area contributed by atoms with Crippen LogP contribution in [0.25, 0.3) is 0 Å². The van der Waals surface area contributed by atoms with Crippen LogP contribution in [0.15, 0.2) is 18.2 Å². The van der Waals surface area contributed by atoms with Gasteiger partial charge in [-0.15, -0.1) is 0 Å². The lowest BCUT2D eigenvalue weighted by Gasteiger charge is -2.36. The normalized spacial score (nSPS) is 21.1. The van der Waals surface area contributed by atoms with Gasteiger partial charge in [0.15, 0.2) is 0 Å². The molecule has 3 nitrogen and oxygen atoms in total. The average molecular weight is 220 g/mol. The zero-order valence-corrected chi connectivity index (χ0v) is 9.82. The molecule has 2 rings (SSSR count). The fourth-order valence-electron chi connectivity index (χ4n) is 2.42. The maximum absolute atomic E-state index is 9.05. The first-order chi connectivity index (χ1) is 7.72. The second kappa shape index (κ2) is 4.74. The number of nitrogens with zero attached hydrogens (tertiary/aromatic N) is 1. The monoisotopic (exact) mass is 220 g/mol. The van der Waals surface area contributed by atoms with Crippen LogP contribution in [0.1, 0.15) is 31.7 Å². The molecule has 1 atom stereocenters. The van der Waals surface area contributed by atoms with Crippen molar-refractivity contribution in [1.29, 1.82) is 0 Å². The number of aliphatic hydroxyl groups is 1. The molecule has 0 aromatic heterocycles. The first kappa shape index (κ1) is 11.3. The van der Waals surface area contributed by atoms with Gasteiger partial charge >= 0.3 is 0 Å². The number of hydrogen-bond acceptors (Lipinski definition) is 3. The predicted molar refractivity (Wildman–Crippen MR) is 67.4 cm³/mol. The van der Waals surface area contributed by atoms with E-state index in [4.69, 9.17) is 10.8 Å². The number of piperidine rings is 1. The topological polar surface area (TPSA) is 49.5 Å². The smallest absolute Gasteiger partial charge is 0.0682 e. The highest BCUT2D eigenvalue weighted by atomic mass is 16.3. The fraction of sp³-hybridized carbons (Fsp3) is 0.538. The number of nitrogen functional groups attached to an aromatic ring is 1. The molecule has 0 spiro atoms. The van der Waals surface area contributed by atoms with Gasteiger partial charge in [-0.05, 0) is 43.9 Å². The summed E-state index contributed by atoms with van der Waals surface area (Å²) < 4.78 is 0. The Labute approximate surface area is 96.9 Å². The Morgan fingerprint density at radius 3 is 2.88 bits per heavy atom. The lowest BCUT2D eigenvalue weighted by atomic mass is 10.0. The van der Waals surface area contributed by atoms with Gasteiger partial charge in [-0.3, -0.25) is 0 Å². The van der Waals surface area contributed by atoms with Crippen molar-refractivity contribution in [3.05, 3.63) is 23.8 Å². The Balaban J connectivity index is 2.25. The average Bonchev–Trinajstić information content (AvgIpc) is 2.30. The summed E-state index contributed by atoms with van der Waals surface area (Å²) in [5, 5.41) is 9.05. The van der Waals surface area contributed by atoms with Crippen LogP contribution in [0, 0.1) is 0 Å². The SMILES string of the molecule is C[C@@H]1CCCCN1c1ccc(CO)cc1N. The van der Waals surface area contributed by atoms with E-state index in [-0.39, 0.29) is 6.61 Å². The minimum absolute atomic E-state index is 0.0556. The molecule has 0 aliphatic carbocycles. The molecule has 16 heavy (non-hydrogen) atoms. The van der Waals surface area contributed by atoms with Crippen LogP contribution < -0.4 is 10.6 Å². The van der Waals surface area contributed by atoms with Gasteiger partial charge in [0.25, 0.3) is 0 Å². The van der Waals surface area contributed by atoms with E-state index >= 15 is 0 Å². The highest BCUT2D eigenvalue weighted by molar-refractivity contribution is 5.69. The van der Waals surface area contributed by atoms with Crippen molar-refractivity contribution in [2.24, 2.45) is 0 Å². The van der Waals surface area contributed by atoms with Gasteiger partial charge in [0.1, 0.15) is 0 Å². The summed E-state index contributed by atoms with van der Waals surface area (Å²) in [6.45, 7) is 3.39. The van der Waals surface area contributed by atoms with Gasteiger partial charge < -0.3 is 15.7 Å². The van der Waals surface area contributed by atoms with Gasteiger partial charge in [0, 0.05) is 12.6 Å². The van der Waals surface area contributed by atoms with E-state index < -0.39 is 0 Å². The second-order valence-electron chi connectivity index (χ2n) is 4.59. The predicted octanol–water partition coefficient (Wildman–Crippen LogP) is 2.14. The zero-order chi connectivity index (χ0) is 11.5. The minimum Gasteiger partial charge on any atom is -0.397 e. The van der Waals surface area contributed by atoms with Crippen molar-refractivity contribution in [3.63, 3.8) is 0 Å². The van der Waals surface area contributed by atoms with Gasteiger partial charge in [0.05, 0.1) is 18.0 Å². The largest absolute Gasteiger partial charge is 0.397 e. The molecule has 0 bridgehead atoms. The standard InChI is InChI=1S/C13H20N2O/c1-10-4-2-3-7-15(10)13-6-5-11(9-16)8-12(13)14/h5-6,8,10,16H,2-4,7,9,14H2,1H3/t10-/m1/s1. The van der Waals surface area contributed by atoms with Gasteiger partial charge in [-0.1, -0.05) is 6.07 Å². The molecule has 1 aliphatic rings. The van der Waals surface area contributed by atoms with Crippen molar-refractivity contribution < 1.29 is 5.11 Å². The van der Waals surface area contributed by atoms with E-state index in [2.05, 4.69) is 11.8 Å².